The average molecular weight is 437 g/mol. The van der Waals surface area contributed by atoms with Gasteiger partial charge in [-0.3, -0.25) is 9.59 Å². The number of ether oxygens (including phenoxy) is 1. The second-order valence-electron chi connectivity index (χ2n) is 7.20. The van der Waals surface area contributed by atoms with E-state index in [0.717, 1.165) is 12.0 Å². The number of rotatable bonds is 8. The first kappa shape index (κ1) is 22.4. The van der Waals surface area contributed by atoms with E-state index in [-0.39, 0.29) is 11.9 Å². The monoisotopic (exact) mass is 436 g/mol. The predicted molar refractivity (Wildman–Crippen MR) is 124 cm³/mol. The Morgan fingerprint density at radius 3 is 2.39 bits per heavy atom. The molecule has 0 aromatic heterocycles. The van der Waals surface area contributed by atoms with Crippen LogP contribution >= 0.6 is 11.6 Å². The largest absolute Gasteiger partial charge is 0.488 e. The zero-order chi connectivity index (χ0) is 22.2. The maximum absolute atomic E-state index is 13.1. The summed E-state index contributed by atoms with van der Waals surface area (Å²) in [6, 6.07) is 21.5. The number of carbonyl (C=O) groups is 2. The molecule has 0 saturated heterocycles. The molecule has 0 aliphatic carbocycles. The molecule has 3 rings (SSSR count). The molecule has 0 radical (unpaired) electrons. The highest BCUT2D eigenvalue weighted by molar-refractivity contribution is 6.31. The van der Waals surface area contributed by atoms with Gasteiger partial charge in [0, 0.05) is 11.1 Å². The lowest BCUT2D eigenvalue weighted by Crippen LogP contribution is -2.32. The molecule has 0 saturated carbocycles. The van der Waals surface area contributed by atoms with Crippen molar-refractivity contribution in [2.45, 2.75) is 32.9 Å². The molecule has 3 aromatic rings. The van der Waals surface area contributed by atoms with Crippen LogP contribution in [0.4, 0.5) is 5.69 Å². The van der Waals surface area contributed by atoms with E-state index in [1.54, 1.807) is 42.5 Å². The molecule has 31 heavy (non-hydrogen) atoms. The van der Waals surface area contributed by atoms with Crippen LogP contribution in [-0.2, 0) is 6.61 Å². The van der Waals surface area contributed by atoms with Crippen LogP contribution in [0, 0.1) is 0 Å². The summed E-state index contributed by atoms with van der Waals surface area (Å²) < 4.78 is 5.88. The first-order chi connectivity index (χ1) is 15.0. The molecule has 1 atom stereocenters. The van der Waals surface area contributed by atoms with Crippen molar-refractivity contribution in [1.82, 2.24) is 5.32 Å². The molecule has 160 valence electrons. The Morgan fingerprint density at radius 2 is 1.65 bits per heavy atom. The summed E-state index contributed by atoms with van der Waals surface area (Å²) >= 11 is 6.14. The normalized spacial score (nSPS) is 11.5. The molecule has 0 aliphatic rings. The summed E-state index contributed by atoms with van der Waals surface area (Å²) in [6.45, 7) is 4.24. The third kappa shape index (κ3) is 6.09. The van der Waals surface area contributed by atoms with Gasteiger partial charge in [0.25, 0.3) is 11.8 Å². The number of anilines is 1. The summed E-state index contributed by atoms with van der Waals surface area (Å²) in [5.74, 6) is -0.237. The van der Waals surface area contributed by atoms with Crippen LogP contribution in [0.5, 0.6) is 5.75 Å². The average Bonchev–Trinajstić information content (AvgIpc) is 2.79. The lowest BCUT2D eigenvalue weighted by molar-refractivity contribution is 0.0940. The summed E-state index contributed by atoms with van der Waals surface area (Å²) in [4.78, 5) is 25.7. The summed E-state index contributed by atoms with van der Waals surface area (Å²) in [5.41, 5.74) is 2.09. The molecule has 0 aliphatic heterocycles. The van der Waals surface area contributed by atoms with E-state index in [1.807, 2.05) is 44.2 Å². The van der Waals surface area contributed by atoms with Gasteiger partial charge >= 0.3 is 0 Å². The Hall–Kier alpha value is -3.31. The Morgan fingerprint density at radius 1 is 0.935 bits per heavy atom. The molecular formula is C25H25ClN2O3. The lowest BCUT2D eigenvalue weighted by atomic mass is 10.1. The molecule has 2 amide bonds. The number of hydrogen-bond donors (Lipinski definition) is 2. The van der Waals surface area contributed by atoms with Gasteiger partial charge in [0.2, 0.25) is 0 Å². The highest BCUT2D eigenvalue weighted by Crippen LogP contribution is 2.26. The van der Waals surface area contributed by atoms with Crippen LogP contribution in [0.3, 0.4) is 0 Å². The van der Waals surface area contributed by atoms with Gasteiger partial charge in [-0.15, -0.1) is 0 Å². The van der Waals surface area contributed by atoms with Crippen molar-refractivity contribution in [2.75, 3.05) is 5.32 Å². The van der Waals surface area contributed by atoms with E-state index in [9.17, 15) is 9.59 Å². The van der Waals surface area contributed by atoms with Gasteiger partial charge in [-0.2, -0.15) is 0 Å². The van der Waals surface area contributed by atoms with E-state index >= 15 is 0 Å². The maximum atomic E-state index is 13.1. The first-order valence-electron chi connectivity index (χ1n) is 10.2. The summed E-state index contributed by atoms with van der Waals surface area (Å²) in [7, 11) is 0. The molecule has 2 N–H and O–H groups in total. The van der Waals surface area contributed by atoms with Crippen molar-refractivity contribution in [1.29, 1.82) is 0 Å². The third-order valence-electron chi connectivity index (χ3n) is 4.83. The van der Waals surface area contributed by atoms with Crippen LogP contribution in [0.25, 0.3) is 0 Å². The fraction of sp³-hybridized carbons (Fsp3) is 0.200. The molecular weight excluding hydrogens is 412 g/mol. The number of hydrogen-bond acceptors (Lipinski definition) is 3. The molecule has 0 heterocycles. The van der Waals surface area contributed by atoms with Gasteiger partial charge in [-0.1, -0.05) is 61.0 Å². The number of carbonyl (C=O) groups excluding carboxylic acids is 2. The number of nitrogens with one attached hydrogen (secondary N) is 2. The number of para-hydroxylation sites is 1. The third-order valence-corrected chi connectivity index (χ3v) is 5.07. The standard InChI is InChI=1S/C25H25ClN2O3/c1-3-17(2)27-24(29)20-11-7-8-12-22(20)28-25(30)21-15-19(26)13-14-23(21)31-16-18-9-5-4-6-10-18/h4-15,17H,3,16H2,1-2H3,(H,27,29)(H,28,30)/t17-/m0/s1. The van der Waals surface area contributed by atoms with Crippen LogP contribution in [-0.4, -0.2) is 17.9 Å². The molecule has 5 nitrogen and oxygen atoms in total. The van der Waals surface area contributed by atoms with E-state index in [2.05, 4.69) is 10.6 Å². The van der Waals surface area contributed by atoms with Gasteiger partial charge in [0.1, 0.15) is 12.4 Å². The fourth-order valence-corrected chi connectivity index (χ4v) is 3.10. The highest BCUT2D eigenvalue weighted by atomic mass is 35.5. The van der Waals surface area contributed by atoms with Crippen molar-refractivity contribution >= 4 is 29.1 Å². The van der Waals surface area contributed by atoms with Crippen molar-refractivity contribution in [3.63, 3.8) is 0 Å². The minimum Gasteiger partial charge on any atom is -0.488 e. The second kappa shape index (κ2) is 10.6. The van der Waals surface area contributed by atoms with Crippen LogP contribution < -0.4 is 15.4 Å². The SMILES string of the molecule is CC[C@H](C)NC(=O)c1ccccc1NC(=O)c1cc(Cl)ccc1OCc1ccccc1. The lowest BCUT2D eigenvalue weighted by Gasteiger charge is -2.16. The van der Waals surface area contributed by atoms with Crippen LogP contribution in [0.2, 0.25) is 5.02 Å². The minimum absolute atomic E-state index is 0.0298. The number of halogens is 1. The highest BCUT2D eigenvalue weighted by Gasteiger charge is 2.18. The summed E-state index contributed by atoms with van der Waals surface area (Å²) in [6.07, 6.45) is 0.810. The van der Waals surface area contributed by atoms with Gasteiger partial charge < -0.3 is 15.4 Å². The zero-order valence-corrected chi connectivity index (χ0v) is 18.3. The predicted octanol–water partition coefficient (Wildman–Crippen LogP) is 5.70. The van der Waals surface area contributed by atoms with Crippen molar-refractivity contribution < 1.29 is 14.3 Å². The smallest absolute Gasteiger partial charge is 0.259 e. The molecule has 0 spiro atoms. The van der Waals surface area contributed by atoms with E-state index in [1.165, 1.54) is 0 Å². The molecule has 0 unspecified atom stereocenters. The van der Waals surface area contributed by atoms with Gasteiger partial charge in [0.15, 0.2) is 0 Å². The van der Waals surface area contributed by atoms with Gasteiger partial charge in [0.05, 0.1) is 16.8 Å². The van der Waals surface area contributed by atoms with Crippen molar-refractivity contribution in [2.24, 2.45) is 0 Å². The van der Waals surface area contributed by atoms with E-state index in [4.69, 9.17) is 16.3 Å². The molecule has 0 bridgehead atoms. The molecule has 6 heteroatoms. The van der Waals surface area contributed by atoms with Gasteiger partial charge in [-0.25, -0.2) is 0 Å². The van der Waals surface area contributed by atoms with E-state index < -0.39 is 5.91 Å². The van der Waals surface area contributed by atoms with Crippen molar-refractivity contribution in [3.05, 3.63) is 94.5 Å². The topological polar surface area (TPSA) is 67.4 Å². The second-order valence-corrected chi connectivity index (χ2v) is 7.63. The Balaban J connectivity index is 1.81. The quantitative estimate of drug-likeness (QED) is 0.476. The summed E-state index contributed by atoms with van der Waals surface area (Å²) in [5, 5.41) is 6.17. The Kier molecular flexibility index (Phi) is 7.68. The molecule has 3 aromatic carbocycles. The van der Waals surface area contributed by atoms with E-state index in [0.29, 0.717) is 34.2 Å². The first-order valence-corrected chi connectivity index (χ1v) is 10.5. The van der Waals surface area contributed by atoms with Crippen molar-refractivity contribution in [3.8, 4) is 5.75 Å². The Bertz CT molecular complexity index is 1050. The Labute approximate surface area is 187 Å². The van der Waals surface area contributed by atoms with Gasteiger partial charge in [-0.05, 0) is 49.2 Å². The number of benzene rings is 3. The maximum Gasteiger partial charge on any atom is 0.259 e. The minimum atomic E-state index is -0.408. The van der Waals surface area contributed by atoms with Crippen LogP contribution in [0.15, 0.2) is 72.8 Å². The number of amides is 2. The fourth-order valence-electron chi connectivity index (χ4n) is 2.92. The zero-order valence-electron chi connectivity index (χ0n) is 17.5. The molecule has 0 fully saturated rings. The van der Waals surface area contributed by atoms with Crippen LogP contribution in [0.1, 0.15) is 46.5 Å².